The fourth-order valence-corrected chi connectivity index (χ4v) is 1.56. The van der Waals surface area contributed by atoms with Gasteiger partial charge in [0.05, 0.1) is 0 Å². The van der Waals surface area contributed by atoms with Crippen LogP contribution in [0.1, 0.15) is 45.4 Å². The van der Waals surface area contributed by atoms with Crippen LogP contribution in [0.3, 0.4) is 0 Å². The van der Waals surface area contributed by atoms with Crippen molar-refractivity contribution in [2.45, 2.75) is 51.5 Å². The lowest BCUT2D eigenvalue weighted by Crippen LogP contribution is -2.20. The Bertz CT molecular complexity index is 134. The van der Waals surface area contributed by atoms with Crippen LogP contribution in [0.25, 0.3) is 0 Å². The average molecular weight is 199 g/mol. The third kappa shape index (κ3) is 6.39. The minimum absolute atomic E-state index is 0.654. The SMILES string of the molecule is CNC(C)CCCCOCCC1CC1. The van der Waals surface area contributed by atoms with E-state index in [9.17, 15) is 0 Å². The summed E-state index contributed by atoms with van der Waals surface area (Å²) in [6.07, 6.45) is 7.96. The van der Waals surface area contributed by atoms with E-state index < -0.39 is 0 Å². The summed E-state index contributed by atoms with van der Waals surface area (Å²) in [5.41, 5.74) is 0. The van der Waals surface area contributed by atoms with Crippen molar-refractivity contribution in [1.29, 1.82) is 0 Å². The molecule has 0 amide bonds. The van der Waals surface area contributed by atoms with Crippen LogP contribution >= 0.6 is 0 Å². The molecule has 0 aliphatic heterocycles. The predicted molar refractivity (Wildman–Crippen MR) is 60.5 cm³/mol. The lowest BCUT2D eigenvalue weighted by molar-refractivity contribution is 0.124. The van der Waals surface area contributed by atoms with Gasteiger partial charge in [-0.15, -0.1) is 0 Å². The smallest absolute Gasteiger partial charge is 0.0468 e. The third-order valence-electron chi connectivity index (χ3n) is 3.04. The van der Waals surface area contributed by atoms with Crippen molar-refractivity contribution >= 4 is 0 Å². The molecule has 0 aromatic heterocycles. The molecular weight excluding hydrogens is 174 g/mol. The fourth-order valence-electron chi connectivity index (χ4n) is 1.56. The van der Waals surface area contributed by atoms with Gasteiger partial charge < -0.3 is 10.1 Å². The molecule has 1 aliphatic carbocycles. The number of nitrogens with one attached hydrogen (secondary N) is 1. The maximum Gasteiger partial charge on any atom is 0.0468 e. The zero-order valence-electron chi connectivity index (χ0n) is 9.72. The van der Waals surface area contributed by atoms with E-state index in [0.717, 1.165) is 19.1 Å². The molecule has 1 rings (SSSR count). The van der Waals surface area contributed by atoms with Gasteiger partial charge in [-0.3, -0.25) is 0 Å². The van der Waals surface area contributed by atoms with Crippen LogP contribution in [0.2, 0.25) is 0 Å². The molecule has 0 heterocycles. The Morgan fingerprint density at radius 2 is 2.07 bits per heavy atom. The van der Waals surface area contributed by atoms with E-state index in [1.165, 1.54) is 38.5 Å². The van der Waals surface area contributed by atoms with E-state index in [-0.39, 0.29) is 0 Å². The van der Waals surface area contributed by atoms with Gasteiger partial charge in [-0.25, -0.2) is 0 Å². The fraction of sp³-hybridized carbons (Fsp3) is 1.00. The molecule has 1 atom stereocenters. The monoisotopic (exact) mass is 199 g/mol. The van der Waals surface area contributed by atoms with Gasteiger partial charge in [0, 0.05) is 19.3 Å². The molecule has 0 aromatic rings. The van der Waals surface area contributed by atoms with Crippen LogP contribution in [0.4, 0.5) is 0 Å². The number of ether oxygens (including phenoxy) is 1. The molecule has 1 unspecified atom stereocenters. The lowest BCUT2D eigenvalue weighted by Gasteiger charge is -2.09. The third-order valence-corrected chi connectivity index (χ3v) is 3.04. The highest BCUT2D eigenvalue weighted by Crippen LogP contribution is 2.32. The van der Waals surface area contributed by atoms with Crippen LogP contribution in [0.5, 0.6) is 0 Å². The molecule has 0 radical (unpaired) electrons. The summed E-state index contributed by atoms with van der Waals surface area (Å²) in [5.74, 6) is 1.01. The Morgan fingerprint density at radius 3 is 2.71 bits per heavy atom. The summed E-state index contributed by atoms with van der Waals surface area (Å²) in [6, 6.07) is 0.654. The van der Waals surface area contributed by atoms with E-state index in [0.29, 0.717) is 6.04 Å². The van der Waals surface area contributed by atoms with Crippen LogP contribution in [0, 0.1) is 5.92 Å². The highest BCUT2D eigenvalue weighted by Gasteiger charge is 2.20. The molecular formula is C12H25NO. The van der Waals surface area contributed by atoms with Crippen molar-refractivity contribution in [2.24, 2.45) is 5.92 Å². The second kappa shape index (κ2) is 7.24. The Labute approximate surface area is 88.4 Å². The summed E-state index contributed by atoms with van der Waals surface area (Å²) < 4.78 is 5.58. The first-order chi connectivity index (χ1) is 6.83. The summed E-state index contributed by atoms with van der Waals surface area (Å²) in [7, 11) is 2.02. The summed E-state index contributed by atoms with van der Waals surface area (Å²) in [5, 5.41) is 3.25. The van der Waals surface area contributed by atoms with Crippen molar-refractivity contribution in [3.05, 3.63) is 0 Å². The van der Waals surface area contributed by atoms with Gasteiger partial charge in [0.2, 0.25) is 0 Å². The standard InChI is InChI=1S/C12H25NO/c1-11(13-2)5-3-4-9-14-10-8-12-6-7-12/h11-13H,3-10H2,1-2H3. The quantitative estimate of drug-likeness (QED) is 0.576. The normalized spacial score (nSPS) is 18.4. The number of hydrogen-bond acceptors (Lipinski definition) is 2. The van der Waals surface area contributed by atoms with Crippen LogP contribution in [0.15, 0.2) is 0 Å². The maximum absolute atomic E-state index is 5.58. The van der Waals surface area contributed by atoms with E-state index in [1.807, 2.05) is 7.05 Å². The Hall–Kier alpha value is -0.0800. The first kappa shape index (κ1) is 12.0. The topological polar surface area (TPSA) is 21.3 Å². The minimum Gasteiger partial charge on any atom is -0.381 e. The molecule has 0 aromatic carbocycles. The summed E-state index contributed by atoms with van der Waals surface area (Å²) in [6.45, 7) is 4.18. The molecule has 0 bridgehead atoms. The summed E-state index contributed by atoms with van der Waals surface area (Å²) in [4.78, 5) is 0. The number of unbranched alkanes of at least 4 members (excludes halogenated alkanes) is 1. The molecule has 0 spiro atoms. The van der Waals surface area contributed by atoms with Crippen LogP contribution in [-0.2, 0) is 4.74 Å². The van der Waals surface area contributed by atoms with Gasteiger partial charge in [-0.05, 0) is 45.6 Å². The van der Waals surface area contributed by atoms with E-state index >= 15 is 0 Å². The average Bonchev–Trinajstić information content (AvgIpc) is 2.99. The largest absolute Gasteiger partial charge is 0.381 e. The highest BCUT2D eigenvalue weighted by molar-refractivity contribution is 4.72. The Kier molecular flexibility index (Phi) is 6.20. The first-order valence-corrected chi connectivity index (χ1v) is 6.08. The van der Waals surface area contributed by atoms with Gasteiger partial charge in [-0.2, -0.15) is 0 Å². The second-order valence-corrected chi connectivity index (χ2v) is 4.53. The van der Waals surface area contributed by atoms with Crippen LogP contribution < -0.4 is 5.32 Å². The number of hydrogen-bond donors (Lipinski definition) is 1. The predicted octanol–water partition coefficient (Wildman–Crippen LogP) is 2.58. The summed E-state index contributed by atoms with van der Waals surface area (Å²) >= 11 is 0. The molecule has 14 heavy (non-hydrogen) atoms. The van der Waals surface area contributed by atoms with Crippen molar-refractivity contribution in [1.82, 2.24) is 5.32 Å². The van der Waals surface area contributed by atoms with Crippen molar-refractivity contribution in [3.8, 4) is 0 Å². The molecule has 84 valence electrons. The van der Waals surface area contributed by atoms with Crippen LogP contribution in [-0.4, -0.2) is 26.3 Å². The zero-order valence-corrected chi connectivity index (χ0v) is 9.72. The molecule has 1 saturated carbocycles. The number of rotatable bonds is 9. The first-order valence-electron chi connectivity index (χ1n) is 6.08. The van der Waals surface area contributed by atoms with Crippen molar-refractivity contribution in [2.75, 3.05) is 20.3 Å². The van der Waals surface area contributed by atoms with Crippen molar-refractivity contribution in [3.63, 3.8) is 0 Å². The molecule has 1 fully saturated rings. The molecule has 1 N–H and O–H groups in total. The molecule has 0 saturated heterocycles. The van der Waals surface area contributed by atoms with Gasteiger partial charge in [0.25, 0.3) is 0 Å². The van der Waals surface area contributed by atoms with E-state index in [4.69, 9.17) is 4.74 Å². The highest BCUT2D eigenvalue weighted by atomic mass is 16.5. The Balaban J connectivity index is 1.70. The molecule has 2 heteroatoms. The minimum atomic E-state index is 0.654. The molecule has 2 nitrogen and oxygen atoms in total. The van der Waals surface area contributed by atoms with Gasteiger partial charge in [0.15, 0.2) is 0 Å². The maximum atomic E-state index is 5.58. The second-order valence-electron chi connectivity index (χ2n) is 4.53. The van der Waals surface area contributed by atoms with E-state index in [2.05, 4.69) is 12.2 Å². The van der Waals surface area contributed by atoms with E-state index in [1.54, 1.807) is 0 Å². The zero-order chi connectivity index (χ0) is 10.2. The van der Waals surface area contributed by atoms with Gasteiger partial charge >= 0.3 is 0 Å². The lowest BCUT2D eigenvalue weighted by atomic mass is 10.1. The molecule has 1 aliphatic rings. The van der Waals surface area contributed by atoms with Gasteiger partial charge in [0.1, 0.15) is 0 Å². The van der Waals surface area contributed by atoms with Crippen molar-refractivity contribution < 1.29 is 4.74 Å². The van der Waals surface area contributed by atoms with Gasteiger partial charge in [-0.1, -0.05) is 12.8 Å². The Morgan fingerprint density at radius 1 is 1.29 bits per heavy atom.